The average molecular weight is 443 g/mol. The van der Waals surface area contributed by atoms with E-state index in [1.807, 2.05) is 32.9 Å². The zero-order chi connectivity index (χ0) is 22.7. The molecule has 8 heteroatoms. The molecule has 1 fully saturated rings. The summed E-state index contributed by atoms with van der Waals surface area (Å²) in [5, 5.41) is 2.50. The van der Waals surface area contributed by atoms with Crippen molar-refractivity contribution in [3.63, 3.8) is 0 Å². The van der Waals surface area contributed by atoms with E-state index in [0.29, 0.717) is 29.2 Å². The van der Waals surface area contributed by atoms with Crippen LogP contribution in [0.5, 0.6) is 11.5 Å². The quantitative estimate of drug-likeness (QED) is 0.530. The highest BCUT2D eigenvalue weighted by atomic mass is 35.5. The van der Waals surface area contributed by atoms with Crippen molar-refractivity contribution < 1.29 is 23.9 Å². The first-order valence-electron chi connectivity index (χ1n) is 9.80. The number of nitrogens with zero attached hydrogens (tertiary/aromatic N) is 1. The van der Waals surface area contributed by atoms with Gasteiger partial charge in [-0.1, -0.05) is 36.7 Å². The number of benzene rings is 2. The summed E-state index contributed by atoms with van der Waals surface area (Å²) in [4.78, 5) is 39.1. The Balaban J connectivity index is 2.05. The Bertz CT molecular complexity index is 1080. The van der Waals surface area contributed by atoms with Crippen LogP contribution in [-0.4, -0.2) is 31.1 Å². The number of rotatable bonds is 6. The first-order chi connectivity index (χ1) is 14.8. The topological polar surface area (TPSA) is 84.9 Å². The number of carbonyl (C=O) groups is 3. The molecule has 1 aliphatic heterocycles. The summed E-state index contributed by atoms with van der Waals surface area (Å²) in [6, 6.07) is 9.44. The van der Waals surface area contributed by atoms with Gasteiger partial charge in [-0.05, 0) is 55.7 Å². The van der Waals surface area contributed by atoms with E-state index in [1.54, 1.807) is 24.3 Å². The van der Waals surface area contributed by atoms with Crippen LogP contribution in [0.15, 0.2) is 42.0 Å². The number of carbonyl (C=O) groups excluding carboxylic acids is 3. The van der Waals surface area contributed by atoms with Crippen molar-refractivity contribution in [3.05, 3.63) is 58.1 Å². The molecule has 1 heterocycles. The maximum absolute atomic E-state index is 13.2. The van der Waals surface area contributed by atoms with E-state index in [2.05, 4.69) is 5.32 Å². The van der Waals surface area contributed by atoms with Crippen LogP contribution in [0.3, 0.4) is 0 Å². The Morgan fingerprint density at radius 1 is 1.16 bits per heavy atom. The molecule has 1 saturated heterocycles. The highest BCUT2D eigenvalue weighted by Gasteiger charge is 2.37. The van der Waals surface area contributed by atoms with Crippen LogP contribution >= 0.6 is 11.6 Å². The van der Waals surface area contributed by atoms with Crippen LogP contribution in [0, 0.1) is 0 Å². The van der Waals surface area contributed by atoms with Gasteiger partial charge in [-0.2, -0.15) is 0 Å². The van der Waals surface area contributed by atoms with E-state index in [-0.39, 0.29) is 16.7 Å². The van der Waals surface area contributed by atoms with E-state index < -0.39 is 17.8 Å². The number of urea groups is 1. The monoisotopic (exact) mass is 442 g/mol. The largest absolute Gasteiger partial charge is 0.493 e. The van der Waals surface area contributed by atoms with Gasteiger partial charge in [0.05, 0.1) is 23.9 Å². The highest BCUT2D eigenvalue weighted by Crippen LogP contribution is 2.38. The SMILES string of the molecule is CCc1ccccc1N1C(=O)NC(=O)/C(=C/c2cc(Cl)c(OC(C)C)c(OC)c2)C1=O. The summed E-state index contributed by atoms with van der Waals surface area (Å²) in [6.07, 6.45) is 1.86. The van der Waals surface area contributed by atoms with Gasteiger partial charge in [0, 0.05) is 0 Å². The maximum Gasteiger partial charge on any atom is 0.335 e. The number of halogens is 1. The number of amides is 4. The van der Waals surface area contributed by atoms with Crippen LogP contribution in [0.1, 0.15) is 31.9 Å². The van der Waals surface area contributed by atoms with Gasteiger partial charge in [0.15, 0.2) is 11.5 Å². The second-order valence-corrected chi connectivity index (χ2v) is 7.55. The molecule has 0 atom stereocenters. The summed E-state index contributed by atoms with van der Waals surface area (Å²) < 4.78 is 11.1. The molecule has 1 aliphatic rings. The smallest absolute Gasteiger partial charge is 0.335 e. The van der Waals surface area contributed by atoms with Gasteiger partial charge in [0.25, 0.3) is 11.8 Å². The van der Waals surface area contributed by atoms with Crippen LogP contribution in [0.4, 0.5) is 10.5 Å². The fraction of sp³-hybridized carbons (Fsp3) is 0.261. The van der Waals surface area contributed by atoms with Gasteiger partial charge >= 0.3 is 6.03 Å². The lowest BCUT2D eigenvalue weighted by Gasteiger charge is -2.28. The third-order valence-corrected chi connectivity index (χ3v) is 4.91. The predicted octanol–water partition coefficient (Wildman–Crippen LogP) is 4.36. The zero-order valence-electron chi connectivity index (χ0n) is 17.7. The molecule has 0 radical (unpaired) electrons. The van der Waals surface area contributed by atoms with Gasteiger partial charge in [0.2, 0.25) is 0 Å². The van der Waals surface area contributed by atoms with Crippen LogP contribution in [0.2, 0.25) is 5.02 Å². The number of aryl methyl sites for hydroxylation is 1. The standard InChI is InChI=1S/C23H23ClN2O5/c1-5-15-8-6-7-9-18(15)26-22(28)16(21(27)25-23(26)29)10-14-11-17(24)20(31-13(2)3)19(12-14)30-4/h6-13H,5H2,1-4H3,(H,25,27,29)/b16-10-. The number of anilines is 1. The van der Waals surface area contributed by atoms with Crippen molar-refractivity contribution in [1.29, 1.82) is 0 Å². The Hall–Kier alpha value is -3.32. The van der Waals surface area contributed by atoms with Crippen molar-refractivity contribution in [2.24, 2.45) is 0 Å². The minimum absolute atomic E-state index is 0.125. The molecule has 0 bridgehead atoms. The molecule has 3 rings (SSSR count). The first kappa shape index (κ1) is 22.4. The Morgan fingerprint density at radius 3 is 2.52 bits per heavy atom. The Labute approximate surface area is 185 Å². The third kappa shape index (κ3) is 4.56. The molecule has 2 aromatic carbocycles. The summed E-state index contributed by atoms with van der Waals surface area (Å²) in [7, 11) is 1.47. The second-order valence-electron chi connectivity index (χ2n) is 7.14. The maximum atomic E-state index is 13.2. The van der Waals surface area contributed by atoms with Gasteiger partial charge in [-0.15, -0.1) is 0 Å². The molecule has 7 nitrogen and oxygen atoms in total. The molecule has 0 unspecified atom stereocenters. The van der Waals surface area contributed by atoms with Crippen LogP contribution < -0.4 is 19.7 Å². The molecule has 0 aromatic heterocycles. The number of methoxy groups -OCH3 is 1. The summed E-state index contributed by atoms with van der Waals surface area (Å²) in [5.41, 5.74) is 1.50. The molecular weight excluding hydrogens is 420 g/mol. The predicted molar refractivity (Wildman–Crippen MR) is 119 cm³/mol. The molecule has 162 valence electrons. The molecule has 4 amide bonds. The number of para-hydroxylation sites is 1. The minimum atomic E-state index is -0.788. The molecule has 1 N–H and O–H groups in total. The average Bonchev–Trinajstić information content (AvgIpc) is 2.72. The van der Waals surface area contributed by atoms with Crippen molar-refractivity contribution in [3.8, 4) is 11.5 Å². The molecule has 0 saturated carbocycles. The fourth-order valence-electron chi connectivity index (χ4n) is 3.24. The summed E-state index contributed by atoms with van der Waals surface area (Å²) >= 11 is 6.35. The molecule has 0 spiro atoms. The Kier molecular flexibility index (Phi) is 6.65. The van der Waals surface area contributed by atoms with E-state index in [1.165, 1.54) is 13.2 Å². The number of ether oxygens (including phenoxy) is 2. The second kappa shape index (κ2) is 9.22. The molecule has 31 heavy (non-hydrogen) atoms. The van der Waals surface area contributed by atoms with Crippen LogP contribution in [-0.2, 0) is 16.0 Å². The zero-order valence-corrected chi connectivity index (χ0v) is 18.4. The van der Waals surface area contributed by atoms with Crippen molar-refractivity contribution in [2.75, 3.05) is 12.0 Å². The number of barbiturate groups is 1. The summed E-state index contributed by atoms with van der Waals surface area (Å²) in [5.74, 6) is -0.763. The van der Waals surface area contributed by atoms with E-state index in [9.17, 15) is 14.4 Å². The Morgan fingerprint density at radius 2 is 1.87 bits per heavy atom. The lowest BCUT2D eigenvalue weighted by atomic mass is 10.0. The number of imide groups is 2. The van der Waals surface area contributed by atoms with Crippen molar-refractivity contribution in [1.82, 2.24) is 5.32 Å². The number of hydrogen-bond donors (Lipinski definition) is 1. The van der Waals surface area contributed by atoms with E-state index in [0.717, 1.165) is 10.5 Å². The van der Waals surface area contributed by atoms with Crippen LogP contribution in [0.25, 0.3) is 6.08 Å². The summed E-state index contributed by atoms with van der Waals surface area (Å²) in [6.45, 7) is 5.63. The van der Waals surface area contributed by atoms with Gasteiger partial charge in [0.1, 0.15) is 5.57 Å². The van der Waals surface area contributed by atoms with E-state index >= 15 is 0 Å². The lowest BCUT2D eigenvalue weighted by molar-refractivity contribution is -0.122. The molecular formula is C23H23ClN2O5. The van der Waals surface area contributed by atoms with Gasteiger partial charge in [-0.3, -0.25) is 14.9 Å². The normalized spacial score (nSPS) is 15.5. The lowest BCUT2D eigenvalue weighted by Crippen LogP contribution is -2.54. The minimum Gasteiger partial charge on any atom is -0.493 e. The van der Waals surface area contributed by atoms with Crippen molar-refractivity contribution >= 4 is 41.2 Å². The number of nitrogens with one attached hydrogen (secondary N) is 1. The molecule has 2 aromatic rings. The highest BCUT2D eigenvalue weighted by molar-refractivity contribution is 6.39. The fourth-order valence-corrected chi connectivity index (χ4v) is 3.51. The first-order valence-corrected chi connectivity index (χ1v) is 10.2. The van der Waals surface area contributed by atoms with E-state index in [4.69, 9.17) is 21.1 Å². The third-order valence-electron chi connectivity index (χ3n) is 4.63. The van der Waals surface area contributed by atoms with Gasteiger partial charge < -0.3 is 9.47 Å². The van der Waals surface area contributed by atoms with Crippen molar-refractivity contribution in [2.45, 2.75) is 33.3 Å². The number of hydrogen-bond acceptors (Lipinski definition) is 5. The van der Waals surface area contributed by atoms with Gasteiger partial charge in [-0.25, -0.2) is 9.69 Å². The molecule has 0 aliphatic carbocycles.